The van der Waals surface area contributed by atoms with Crippen molar-refractivity contribution in [1.82, 2.24) is 0 Å². The molecule has 0 spiro atoms. The Bertz CT molecular complexity index is 397. The second-order valence-electron chi connectivity index (χ2n) is 4.78. The molecule has 126 valence electrons. The molecule has 2 amide bonds. The van der Waals surface area contributed by atoms with Gasteiger partial charge in [0.1, 0.15) is 6.10 Å². The molecule has 0 aliphatic rings. The van der Waals surface area contributed by atoms with Crippen LogP contribution in [-0.2, 0) is 19.0 Å². The molecular weight excluding hydrogens is 292 g/mol. The van der Waals surface area contributed by atoms with E-state index >= 15 is 0 Å². The van der Waals surface area contributed by atoms with Crippen molar-refractivity contribution in [2.24, 2.45) is 11.5 Å². The predicted octanol–water partition coefficient (Wildman–Crippen LogP) is 1.62. The van der Waals surface area contributed by atoms with E-state index in [1.807, 2.05) is 0 Å². The molecule has 4 N–H and O–H groups in total. The molecule has 0 heterocycles. The maximum atomic E-state index is 11.2. The average Bonchev–Trinajstić information content (AvgIpc) is 2.41. The molecule has 0 aliphatic carbocycles. The lowest BCUT2D eigenvalue weighted by Gasteiger charge is -2.16. The molecule has 0 saturated carbocycles. The number of ether oxygens (including phenoxy) is 3. The summed E-state index contributed by atoms with van der Waals surface area (Å²) in [7, 11) is 0. The van der Waals surface area contributed by atoms with Gasteiger partial charge in [-0.3, -0.25) is 0 Å². The topological polar surface area (TPSA) is 131 Å². The highest BCUT2D eigenvalue weighted by Gasteiger charge is 2.14. The van der Waals surface area contributed by atoms with Gasteiger partial charge in [-0.2, -0.15) is 0 Å². The fourth-order valence-electron chi connectivity index (χ4n) is 1.66. The van der Waals surface area contributed by atoms with Crippen molar-refractivity contribution >= 4 is 18.2 Å². The van der Waals surface area contributed by atoms with Crippen molar-refractivity contribution in [2.75, 3.05) is 13.2 Å². The van der Waals surface area contributed by atoms with Crippen molar-refractivity contribution in [3.05, 3.63) is 12.2 Å². The van der Waals surface area contributed by atoms with Gasteiger partial charge < -0.3 is 25.7 Å². The molecule has 0 fully saturated rings. The van der Waals surface area contributed by atoms with E-state index in [1.54, 1.807) is 6.92 Å². The number of hydrogen-bond acceptors (Lipinski definition) is 6. The van der Waals surface area contributed by atoms with Crippen molar-refractivity contribution in [3.8, 4) is 0 Å². The summed E-state index contributed by atoms with van der Waals surface area (Å²) in [6.07, 6.45) is 1.03. The van der Waals surface area contributed by atoms with E-state index in [4.69, 9.17) is 20.9 Å². The lowest BCUT2D eigenvalue weighted by Crippen LogP contribution is -2.24. The Hall–Kier alpha value is -2.25. The minimum atomic E-state index is -0.867. The second kappa shape index (κ2) is 11.4. The minimum Gasteiger partial charge on any atom is -0.462 e. The molecule has 0 aromatic carbocycles. The third-order valence-electron chi connectivity index (χ3n) is 2.72. The van der Waals surface area contributed by atoms with E-state index in [-0.39, 0.29) is 13.2 Å². The summed E-state index contributed by atoms with van der Waals surface area (Å²) in [4.78, 5) is 32.4. The molecule has 0 rings (SSSR count). The highest BCUT2D eigenvalue weighted by Crippen LogP contribution is 2.11. The second-order valence-corrected chi connectivity index (χ2v) is 4.78. The van der Waals surface area contributed by atoms with Gasteiger partial charge >= 0.3 is 18.2 Å². The Morgan fingerprint density at radius 3 is 2.18 bits per heavy atom. The average molecular weight is 316 g/mol. The number of hydrogen-bond donors (Lipinski definition) is 2. The number of carbonyl (C=O) groups is 3. The van der Waals surface area contributed by atoms with Crippen molar-refractivity contribution < 1.29 is 28.6 Å². The summed E-state index contributed by atoms with van der Waals surface area (Å²) >= 11 is 0. The third kappa shape index (κ3) is 11.6. The molecule has 8 nitrogen and oxygen atoms in total. The molecule has 0 aromatic heterocycles. The van der Waals surface area contributed by atoms with Crippen LogP contribution in [0.5, 0.6) is 0 Å². The lowest BCUT2D eigenvalue weighted by atomic mass is 10.1. The van der Waals surface area contributed by atoms with Gasteiger partial charge in [-0.1, -0.05) is 6.58 Å². The van der Waals surface area contributed by atoms with Crippen molar-refractivity contribution in [3.63, 3.8) is 0 Å². The molecule has 0 radical (unpaired) electrons. The van der Waals surface area contributed by atoms with Gasteiger partial charge in [-0.15, -0.1) is 0 Å². The number of carbonyl (C=O) groups excluding carboxylic acids is 3. The van der Waals surface area contributed by atoms with E-state index < -0.39 is 24.3 Å². The molecule has 1 atom stereocenters. The first kappa shape index (κ1) is 19.8. The Morgan fingerprint density at radius 2 is 1.64 bits per heavy atom. The first-order chi connectivity index (χ1) is 10.3. The monoisotopic (exact) mass is 316 g/mol. The van der Waals surface area contributed by atoms with E-state index in [2.05, 4.69) is 11.3 Å². The number of nitrogens with two attached hydrogens (primary N) is 2. The summed E-state index contributed by atoms with van der Waals surface area (Å²) in [5.41, 5.74) is 10.1. The van der Waals surface area contributed by atoms with Crippen LogP contribution in [0.3, 0.4) is 0 Å². The summed E-state index contributed by atoms with van der Waals surface area (Å²) in [6.45, 7) is 5.39. The fourth-order valence-corrected chi connectivity index (χ4v) is 1.66. The fraction of sp³-hybridized carbons (Fsp3) is 0.643. The largest absolute Gasteiger partial charge is 0.462 e. The molecule has 0 saturated heterocycles. The van der Waals surface area contributed by atoms with Crippen LogP contribution in [0, 0.1) is 0 Å². The first-order valence-corrected chi connectivity index (χ1v) is 7.04. The molecule has 0 aromatic rings. The Balaban J connectivity index is 3.92. The highest BCUT2D eigenvalue weighted by atomic mass is 16.6. The van der Waals surface area contributed by atoms with Gasteiger partial charge in [0.15, 0.2) is 0 Å². The Labute approximate surface area is 129 Å². The summed E-state index contributed by atoms with van der Waals surface area (Å²) < 4.78 is 14.5. The molecule has 0 bridgehead atoms. The Morgan fingerprint density at radius 1 is 0.955 bits per heavy atom. The quantitative estimate of drug-likeness (QED) is 0.258. The van der Waals surface area contributed by atoms with Gasteiger partial charge in [0, 0.05) is 12.0 Å². The summed E-state index contributed by atoms with van der Waals surface area (Å²) in [5, 5.41) is 0. The zero-order chi connectivity index (χ0) is 17.0. The van der Waals surface area contributed by atoms with Crippen LogP contribution >= 0.6 is 0 Å². The van der Waals surface area contributed by atoms with Gasteiger partial charge in [0.2, 0.25) is 0 Å². The van der Waals surface area contributed by atoms with E-state index in [0.29, 0.717) is 24.8 Å². The van der Waals surface area contributed by atoms with Crippen LogP contribution in [0.25, 0.3) is 0 Å². The smallest absolute Gasteiger partial charge is 0.404 e. The molecule has 8 heteroatoms. The van der Waals surface area contributed by atoms with Gasteiger partial charge in [-0.05, 0) is 32.6 Å². The van der Waals surface area contributed by atoms with Crippen LogP contribution in [0.2, 0.25) is 0 Å². The molecule has 22 heavy (non-hydrogen) atoms. The summed E-state index contributed by atoms with van der Waals surface area (Å²) in [6, 6.07) is 0. The number of unbranched alkanes of at least 4 members (excludes halogenated alkanes) is 2. The van der Waals surface area contributed by atoms with Crippen LogP contribution < -0.4 is 11.5 Å². The molecule has 1 unspecified atom stereocenters. The van der Waals surface area contributed by atoms with Crippen molar-refractivity contribution in [2.45, 2.75) is 45.1 Å². The normalized spacial score (nSPS) is 11.3. The molecule has 0 aliphatic heterocycles. The molecular formula is C14H24N2O6. The predicted molar refractivity (Wildman–Crippen MR) is 78.8 cm³/mol. The number of esters is 1. The maximum Gasteiger partial charge on any atom is 0.404 e. The zero-order valence-corrected chi connectivity index (χ0v) is 12.8. The van der Waals surface area contributed by atoms with E-state index in [0.717, 1.165) is 12.8 Å². The number of amides is 2. The van der Waals surface area contributed by atoms with Crippen LogP contribution in [0.15, 0.2) is 12.2 Å². The van der Waals surface area contributed by atoms with Crippen LogP contribution in [0.1, 0.15) is 39.0 Å². The van der Waals surface area contributed by atoms with Crippen LogP contribution in [-0.4, -0.2) is 37.5 Å². The highest BCUT2D eigenvalue weighted by molar-refractivity contribution is 5.86. The van der Waals surface area contributed by atoms with E-state index in [1.165, 1.54) is 0 Å². The van der Waals surface area contributed by atoms with Gasteiger partial charge in [0.25, 0.3) is 0 Å². The Kier molecular flexibility index (Phi) is 10.2. The maximum absolute atomic E-state index is 11.2. The summed E-state index contributed by atoms with van der Waals surface area (Å²) in [5.74, 6) is -0.485. The third-order valence-corrected chi connectivity index (χ3v) is 2.72. The zero-order valence-electron chi connectivity index (χ0n) is 12.8. The SMILES string of the molecule is C=C(C)C(=O)OCCC(CCCCCOC(N)=O)OC(N)=O. The first-order valence-electron chi connectivity index (χ1n) is 7.04. The van der Waals surface area contributed by atoms with Gasteiger partial charge in [-0.25, -0.2) is 14.4 Å². The standard InChI is InChI=1S/C14H24N2O6/c1-10(2)12(17)20-9-7-11(22-14(16)19)6-4-3-5-8-21-13(15)18/h11H,1,3-9H2,2H3,(H2,15,18)(H2,16,19). The van der Waals surface area contributed by atoms with Gasteiger partial charge in [0.05, 0.1) is 13.2 Å². The lowest BCUT2D eigenvalue weighted by molar-refractivity contribution is -0.139. The van der Waals surface area contributed by atoms with Crippen LogP contribution in [0.4, 0.5) is 9.59 Å². The van der Waals surface area contributed by atoms with E-state index in [9.17, 15) is 14.4 Å². The number of rotatable bonds is 11. The minimum absolute atomic E-state index is 0.119. The van der Waals surface area contributed by atoms with Crippen molar-refractivity contribution in [1.29, 1.82) is 0 Å². The number of primary amides is 2.